The molecule has 1 aliphatic rings. The van der Waals surface area contributed by atoms with Crippen molar-refractivity contribution in [3.8, 4) is 0 Å². The molecular weight excluding hydrogens is 489 g/mol. The van der Waals surface area contributed by atoms with Crippen molar-refractivity contribution in [1.29, 1.82) is 0 Å². The molecular formula is C25H27F3N6OS. The van der Waals surface area contributed by atoms with E-state index in [0.29, 0.717) is 43.2 Å². The zero-order valence-corrected chi connectivity index (χ0v) is 20.2. The van der Waals surface area contributed by atoms with Gasteiger partial charge in [0.05, 0.1) is 22.9 Å². The number of pyridine rings is 2. The van der Waals surface area contributed by atoms with E-state index in [0.717, 1.165) is 33.9 Å². The average molecular weight is 517 g/mol. The summed E-state index contributed by atoms with van der Waals surface area (Å²) in [5, 5.41) is 15.1. The number of thiophene rings is 1. The largest absolute Gasteiger partial charge is 0.417 e. The van der Waals surface area contributed by atoms with Gasteiger partial charge in [-0.1, -0.05) is 24.3 Å². The van der Waals surface area contributed by atoms with E-state index in [2.05, 4.69) is 15.3 Å². The van der Waals surface area contributed by atoms with Gasteiger partial charge in [0.1, 0.15) is 10.6 Å². The van der Waals surface area contributed by atoms with Crippen LogP contribution in [0.2, 0.25) is 0 Å². The number of aromatic nitrogens is 2. The number of alkyl halides is 3. The fourth-order valence-electron chi connectivity index (χ4n) is 4.79. The number of anilines is 2. The average Bonchev–Trinajstić information content (AvgIpc) is 3.21. The highest BCUT2D eigenvalue weighted by Crippen LogP contribution is 2.43. The summed E-state index contributed by atoms with van der Waals surface area (Å²) in [5.41, 5.74) is 12.5. The van der Waals surface area contributed by atoms with Crippen molar-refractivity contribution in [2.24, 2.45) is 5.73 Å². The van der Waals surface area contributed by atoms with E-state index in [1.165, 1.54) is 0 Å². The van der Waals surface area contributed by atoms with E-state index in [1.807, 2.05) is 35.2 Å². The van der Waals surface area contributed by atoms with E-state index in [4.69, 9.17) is 11.5 Å². The molecule has 1 aliphatic heterocycles. The van der Waals surface area contributed by atoms with E-state index < -0.39 is 17.8 Å². The van der Waals surface area contributed by atoms with Gasteiger partial charge in [0.25, 0.3) is 0 Å². The molecule has 0 bridgehead atoms. The highest BCUT2D eigenvalue weighted by molar-refractivity contribution is 7.19. The number of halogens is 3. The van der Waals surface area contributed by atoms with Crippen LogP contribution < -0.4 is 21.7 Å². The van der Waals surface area contributed by atoms with Gasteiger partial charge in [0.2, 0.25) is 0 Å². The molecule has 0 radical (unpaired) electrons. The highest BCUT2D eigenvalue weighted by Gasteiger charge is 2.36. The summed E-state index contributed by atoms with van der Waals surface area (Å²) < 4.78 is 41.6. The van der Waals surface area contributed by atoms with E-state index >= 15 is 0 Å². The summed E-state index contributed by atoms with van der Waals surface area (Å²) in [6.45, 7) is 1.52. The maximum atomic E-state index is 13.9. The van der Waals surface area contributed by atoms with Crippen LogP contribution in [0.1, 0.15) is 34.9 Å². The number of nitrogens with two attached hydrogens (primary N) is 2. The van der Waals surface area contributed by atoms with Crippen LogP contribution in [0.4, 0.5) is 24.7 Å². The van der Waals surface area contributed by atoms with Crippen LogP contribution in [0.15, 0.2) is 42.6 Å². The van der Waals surface area contributed by atoms with Gasteiger partial charge in [-0.15, -0.1) is 11.3 Å². The first-order valence-electron chi connectivity index (χ1n) is 11.8. The predicted octanol–water partition coefficient (Wildman–Crippen LogP) is 4.20. The zero-order valence-electron chi connectivity index (χ0n) is 19.4. The second kappa shape index (κ2) is 9.81. The predicted molar refractivity (Wildman–Crippen MR) is 137 cm³/mol. The minimum absolute atomic E-state index is 0.0618. The Hall–Kier alpha value is -2.99. The van der Waals surface area contributed by atoms with E-state index in [1.54, 1.807) is 6.20 Å². The number of fused-ring (bicyclic) bond motifs is 2. The third-order valence-corrected chi connectivity index (χ3v) is 7.82. The Morgan fingerprint density at radius 1 is 1.19 bits per heavy atom. The lowest BCUT2D eigenvalue weighted by Crippen LogP contribution is -2.44. The molecule has 11 heteroatoms. The SMILES string of the molecule is NCc1sc2nc(N3CCC(NCC(O)c4cccc5cccnc45)CC3)cc(C(F)(F)F)c2c1N. The fraction of sp³-hybridized carbons (Fsp3) is 0.360. The molecule has 5 rings (SSSR count). The molecule has 0 saturated carbocycles. The Morgan fingerprint density at radius 2 is 1.94 bits per heavy atom. The Morgan fingerprint density at radius 3 is 2.67 bits per heavy atom. The van der Waals surface area contributed by atoms with E-state index in [-0.39, 0.29) is 28.5 Å². The zero-order chi connectivity index (χ0) is 25.4. The lowest BCUT2D eigenvalue weighted by molar-refractivity contribution is -0.136. The Bertz CT molecular complexity index is 1380. The van der Waals surface area contributed by atoms with Crippen LogP contribution in [0.3, 0.4) is 0 Å². The van der Waals surface area contributed by atoms with Crippen LogP contribution >= 0.6 is 11.3 Å². The number of aliphatic hydroxyl groups is 1. The summed E-state index contributed by atoms with van der Waals surface area (Å²) in [6, 6.07) is 10.8. The number of piperidine rings is 1. The number of hydrogen-bond acceptors (Lipinski definition) is 8. The number of nitrogens with one attached hydrogen (secondary N) is 1. The monoisotopic (exact) mass is 516 g/mol. The maximum Gasteiger partial charge on any atom is 0.417 e. The van der Waals surface area contributed by atoms with Gasteiger partial charge < -0.3 is 26.8 Å². The minimum atomic E-state index is -4.55. The van der Waals surface area contributed by atoms with Crippen LogP contribution in [0.5, 0.6) is 0 Å². The van der Waals surface area contributed by atoms with Gasteiger partial charge in [0, 0.05) is 59.6 Å². The summed E-state index contributed by atoms with van der Waals surface area (Å²) in [7, 11) is 0. The van der Waals surface area contributed by atoms with Crippen molar-refractivity contribution in [3.63, 3.8) is 0 Å². The van der Waals surface area contributed by atoms with Crippen molar-refractivity contribution >= 4 is 44.0 Å². The molecule has 1 fully saturated rings. The third kappa shape index (κ3) is 4.71. The normalized spacial score (nSPS) is 16.2. The molecule has 3 aromatic heterocycles. The number of rotatable bonds is 6. The second-order valence-corrected chi connectivity index (χ2v) is 10.0. The van der Waals surface area contributed by atoms with Crippen molar-refractivity contribution in [2.45, 2.75) is 37.7 Å². The molecule has 0 spiro atoms. The van der Waals surface area contributed by atoms with Crippen molar-refractivity contribution < 1.29 is 18.3 Å². The number of hydrogen-bond donors (Lipinski definition) is 4. The summed E-state index contributed by atoms with van der Waals surface area (Å²) >= 11 is 1.11. The van der Waals surface area contributed by atoms with E-state index in [9.17, 15) is 18.3 Å². The second-order valence-electron chi connectivity index (χ2n) is 8.96. The Balaban J connectivity index is 1.27. The topological polar surface area (TPSA) is 113 Å². The molecule has 7 nitrogen and oxygen atoms in total. The molecule has 1 saturated heterocycles. The first-order chi connectivity index (χ1) is 17.3. The van der Waals surface area contributed by atoms with Crippen LogP contribution in [-0.4, -0.2) is 40.8 Å². The number of nitrogen functional groups attached to an aromatic ring is 1. The van der Waals surface area contributed by atoms with Crippen molar-refractivity contribution in [1.82, 2.24) is 15.3 Å². The minimum Gasteiger partial charge on any atom is -0.397 e. The number of para-hydroxylation sites is 1. The first-order valence-corrected chi connectivity index (χ1v) is 12.6. The van der Waals surface area contributed by atoms with Gasteiger partial charge in [-0.2, -0.15) is 13.2 Å². The summed E-state index contributed by atoms with van der Waals surface area (Å²) in [4.78, 5) is 11.5. The maximum absolute atomic E-state index is 13.9. The van der Waals surface area contributed by atoms with Crippen LogP contribution in [0.25, 0.3) is 21.1 Å². The summed E-state index contributed by atoms with van der Waals surface area (Å²) in [5.74, 6) is 0.292. The molecule has 1 aromatic carbocycles. The highest BCUT2D eigenvalue weighted by atomic mass is 32.1. The lowest BCUT2D eigenvalue weighted by atomic mass is 10.0. The quantitative estimate of drug-likeness (QED) is 0.304. The lowest BCUT2D eigenvalue weighted by Gasteiger charge is -2.34. The van der Waals surface area contributed by atoms with Crippen molar-refractivity contribution in [2.75, 3.05) is 30.3 Å². The smallest absolute Gasteiger partial charge is 0.397 e. The first kappa shape index (κ1) is 24.7. The van der Waals surface area contributed by atoms with Crippen LogP contribution in [0, 0.1) is 0 Å². The molecule has 36 heavy (non-hydrogen) atoms. The molecule has 0 aliphatic carbocycles. The Labute approximate surface area is 209 Å². The number of benzene rings is 1. The van der Waals surface area contributed by atoms with Gasteiger partial charge in [-0.25, -0.2) is 4.98 Å². The third-order valence-electron chi connectivity index (χ3n) is 6.69. The van der Waals surface area contributed by atoms with Gasteiger partial charge >= 0.3 is 6.18 Å². The molecule has 190 valence electrons. The molecule has 4 heterocycles. The molecule has 1 unspecified atom stereocenters. The van der Waals surface area contributed by atoms with Crippen molar-refractivity contribution in [3.05, 3.63) is 58.6 Å². The van der Waals surface area contributed by atoms with Gasteiger partial charge in [0.15, 0.2) is 0 Å². The van der Waals surface area contributed by atoms with Gasteiger partial charge in [-0.05, 0) is 25.0 Å². The summed E-state index contributed by atoms with van der Waals surface area (Å²) in [6.07, 6.45) is -2.15. The fourth-order valence-corrected chi connectivity index (χ4v) is 5.78. The molecule has 0 amide bonds. The molecule has 6 N–H and O–H groups in total. The standard InChI is InChI=1S/C25H27F3N6OS/c26-25(27,28)17-11-20(33-24-21(17)22(30)19(12-29)36-24)34-9-6-15(7-10-34)32-13-18(35)16-5-1-3-14-4-2-8-31-23(14)16/h1-5,8,11,15,18,32,35H,6-7,9-10,12-13,29-30H2. The number of aliphatic hydroxyl groups excluding tert-OH is 1. The molecule has 1 atom stereocenters. The number of nitrogens with zero attached hydrogens (tertiary/aromatic N) is 3. The van der Waals surface area contributed by atoms with Crippen LogP contribution in [-0.2, 0) is 12.7 Å². The Kier molecular flexibility index (Phi) is 6.73. The molecule has 4 aromatic rings. The van der Waals surface area contributed by atoms with Gasteiger partial charge in [-0.3, -0.25) is 4.98 Å².